The third-order valence-corrected chi connectivity index (χ3v) is 2.40. The molecular weight excluding hydrogens is 166 g/mol. The Morgan fingerprint density at radius 3 is 3.00 bits per heavy atom. The Morgan fingerprint density at radius 2 is 2.38 bits per heavy atom. The molecule has 1 atom stereocenters. The molecule has 0 radical (unpaired) electrons. The fraction of sp³-hybridized carbons (Fsp3) is 0.889. The van der Waals surface area contributed by atoms with Gasteiger partial charge < -0.3 is 15.7 Å². The predicted octanol–water partition coefficient (Wildman–Crippen LogP) is 0.159. The summed E-state index contributed by atoms with van der Waals surface area (Å²) in [6, 6.07) is 0. The minimum atomic E-state index is -0.147. The molecule has 0 aromatic carbocycles. The molecule has 0 aliphatic carbocycles. The number of aliphatic hydroxyl groups excluding tert-OH is 1. The molecule has 0 spiro atoms. The SMILES string of the molecule is N=C(N)CCCN1CCCC(O)C1. The first-order valence-corrected chi connectivity index (χ1v) is 4.92. The highest BCUT2D eigenvalue weighted by molar-refractivity contribution is 5.76. The van der Waals surface area contributed by atoms with E-state index in [1.165, 1.54) is 0 Å². The van der Waals surface area contributed by atoms with E-state index >= 15 is 0 Å². The number of nitrogens with two attached hydrogens (primary N) is 1. The summed E-state index contributed by atoms with van der Waals surface area (Å²) in [4.78, 5) is 2.25. The number of β-amino-alcohol motifs (C(OH)–C–C–N with tert-alkyl or cyclic N) is 1. The van der Waals surface area contributed by atoms with Crippen molar-refractivity contribution in [3.8, 4) is 0 Å². The summed E-state index contributed by atoms with van der Waals surface area (Å²) in [6.07, 6.45) is 3.48. The number of hydrogen-bond donors (Lipinski definition) is 3. The van der Waals surface area contributed by atoms with E-state index in [0.29, 0.717) is 6.42 Å². The lowest BCUT2D eigenvalue weighted by Gasteiger charge is -2.29. The normalized spacial score (nSPS) is 24.5. The van der Waals surface area contributed by atoms with Crippen molar-refractivity contribution in [3.63, 3.8) is 0 Å². The zero-order valence-corrected chi connectivity index (χ0v) is 8.00. The van der Waals surface area contributed by atoms with Crippen molar-refractivity contribution in [1.82, 2.24) is 4.90 Å². The summed E-state index contributed by atoms with van der Waals surface area (Å²) >= 11 is 0. The van der Waals surface area contributed by atoms with Crippen LogP contribution < -0.4 is 5.73 Å². The second kappa shape index (κ2) is 5.19. The molecule has 1 heterocycles. The maximum atomic E-state index is 9.38. The average Bonchev–Trinajstić information content (AvgIpc) is 2.03. The third kappa shape index (κ3) is 4.24. The van der Waals surface area contributed by atoms with Crippen LogP contribution in [0.5, 0.6) is 0 Å². The van der Waals surface area contributed by atoms with Gasteiger partial charge in [0.2, 0.25) is 0 Å². The Labute approximate surface area is 79.2 Å². The molecule has 1 aliphatic heterocycles. The van der Waals surface area contributed by atoms with Gasteiger partial charge in [-0.25, -0.2) is 0 Å². The molecule has 0 aromatic rings. The Balaban J connectivity index is 2.10. The van der Waals surface area contributed by atoms with Gasteiger partial charge in [0.25, 0.3) is 0 Å². The lowest BCUT2D eigenvalue weighted by molar-refractivity contribution is 0.0704. The summed E-state index contributed by atoms with van der Waals surface area (Å²) in [5, 5.41) is 16.4. The molecule has 0 bridgehead atoms. The van der Waals surface area contributed by atoms with E-state index in [9.17, 15) is 5.11 Å². The van der Waals surface area contributed by atoms with E-state index in [1.807, 2.05) is 0 Å². The molecule has 1 saturated heterocycles. The maximum Gasteiger partial charge on any atom is 0.0905 e. The molecule has 4 heteroatoms. The molecule has 1 rings (SSSR count). The van der Waals surface area contributed by atoms with Crippen LogP contribution in [0.15, 0.2) is 0 Å². The van der Waals surface area contributed by atoms with Gasteiger partial charge in [0.1, 0.15) is 0 Å². The van der Waals surface area contributed by atoms with E-state index in [2.05, 4.69) is 4.90 Å². The van der Waals surface area contributed by atoms with Gasteiger partial charge in [0, 0.05) is 13.0 Å². The molecular formula is C9H19N3O. The largest absolute Gasteiger partial charge is 0.392 e. The van der Waals surface area contributed by atoms with Crippen LogP contribution in [0.2, 0.25) is 0 Å². The third-order valence-electron chi connectivity index (χ3n) is 2.40. The monoisotopic (exact) mass is 185 g/mol. The van der Waals surface area contributed by atoms with Crippen molar-refractivity contribution in [2.24, 2.45) is 5.73 Å². The Morgan fingerprint density at radius 1 is 1.62 bits per heavy atom. The molecule has 1 aliphatic rings. The Kier molecular flexibility index (Phi) is 4.18. The molecule has 0 saturated carbocycles. The first-order chi connectivity index (χ1) is 6.18. The fourth-order valence-corrected chi connectivity index (χ4v) is 1.73. The number of piperidine rings is 1. The lowest BCUT2D eigenvalue weighted by Crippen LogP contribution is -2.38. The second-order valence-corrected chi connectivity index (χ2v) is 3.73. The summed E-state index contributed by atoms with van der Waals surface area (Å²) in [6.45, 7) is 2.82. The number of nitrogens with zero attached hydrogens (tertiary/aromatic N) is 1. The zero-order chi connectivity index (χ0) is 9.68. The Hall–Kier alpha value is -0.610. The molecule has 0 aromatic heterocycles. The fourth-order valence-electron chi connectivity index (χ4n) is 1.73. The lowest BCUT2D eigenvalue weighted by atomic mass is 10.1. The van der Waals surface area contributed by atoms with Crippen LogP contribution >= 0.6 is 0 Å². The number of nitrogens with one attached hydrogen (secondary N) is 1. The number of aliphatic hydroxyl groups is 1. The highest BCUT2D eigenvalue weighted by atomic mass is 16.3. The molecule has 4 N–H and O–H groups in total. The van der Waals surface area contributed by atoms with Crippen LogP contribution in [0.3, 0.4) is 0 Å². The van der Waals surface area contributed by atoms with Crippen LogP contribution in [0.1, 0.15) is 25.7 Å². The first-order valence-electron chi connectivity index (χ1n) is 4.92. The highest BCUT2D eigenvalue weighted by Crippen LogP contribution is 2.10. The predicted molar refractivity (Wildman–Crippen MR) is 52.8 cm³/mol. The van der Waals surface area contributed by atoms with Gasteiger partial charge in [-0.15, -0.1) is 0 Å². The minimum absolute atomic E-state index is 0.147. The number of amidine groups is 1. The second-order valence-electron chi connectivity index (χ2n) is 3.73. The average molecular weight is 185 g/mol. The topological polar surface area (TPSA) is 73.3 Å². The van der Waals surface area contributed by atoms with Crippen molar-refractivity contribution in [2.45, 2.75) is 31.8 Å². The Bertz CT molecular complexity index is 172. The van der Waals surface area contributed by atoms with Gasteiger partial charge in [-0.2, -0.15) is 0 Å². The first kappa shape index (κ1) is 10.5. The van der Waals surface area contributed by atoms with Crippen molar-refractivity contribution < 1.29 is 5.11 Å². The molecule has 1 unspecified atom stereocenters. The van der Waals surface area contributed by atoms with Crippen LogP contribution in [-0.4, -0.2) is 41.6 Å². The molecule has 0 amide bonds. The molecule has 1 fully saturated rings. The van der Waals surface area contributed by atoms with Crippen molar-refractivity contribution in [1.29, 1.82) is 5.41 Å². The highest BCUT2D eigenvalue weighted by Gasteiger charge is 2.16. The van der Waals surface area contributed by atoms with Crippen LogP contribution in [0, 0.1) is 5.41 Å². The van der Waals surface area contributed by atoms with Crippen LogP contribution in [-0.2, 0) is 0 Å². The van der Waals surface area contributed by atoms with Gasteiger partial charge >= 0.3 is 0 Å². The van der Waals surface area contributed by atoms with Crippen LogP contribution in [0.4, 0.5) is 0 Å². The van der Waals surface area contributed by atoms with Crippen molar-refractivity contribution >= 4 is 5.84 Å². The standard InChI is InChI=1S/C9H19N3O/c10-9(11)4-2-6-12-5-1-3-8(13)7-12/h8,13H,1-7H2,(H3,10,11). The number of rotatable bonds is 4. The smallest absolute Gasteiger partial charge is 0.0905 e. The molecule has 13 heavy (non-hydrogen) atoms. The minimum Gasteiger partial charge on any atom is -0.392 e. The quantitative estimate of drug-likeness (QED) is 0.431. The number of hydrogen-bond acceptors (Lipinski definition) is 3. The summed E-state index contributed by atoms with van der Waals surface area (Å²) in [5.41, 5.74) is 5.25. The van der Waals surface area contributed by atoms with Crippen LogP contribution in [0.25, 0.3) is 0 Å². The maximum absolute atomic E-state index is 9.38. The van der Waals surface area contributed by atoms with Gasteiger partial charge in [-0.05, 0) is 32.4 Å². The van der Waals surface area contributed by atoms with E-state index in [4.69, 9.17) is 11.1 Å². The van der Waals surface area contributed by atoms with E-state index in [-0.39, 0.29) is 11.9 Å². The van der Waals surface area contributed by atoms with Gasteiger partial charge in [-0.1, -0.05) is 0 Å². The van der Waals surface area contributed by atoms with Crippen molar-refractivity contribution in [2.75, 3.05) is 19.6 Å². The summed E-state index contributed by atoms with van der Waals surface area (Å²) in [5.74, 6) is 0.262. The van der Waals surface area contributed by atoms with E-state index in [1.54, 1.807) is 0 Å². The van der Waals surface area contributed by atoms with E-state index in [0.717, 1.165) is 38.9 Å². The summed E-state index contributed by atoms with van der Waals surface area (Å²) in [7, 11) is 0. The van der Waals surface area contributed by atoms with Crippen molar-refractivity contribution in [3.05, 3.63) is 0 Å². The zero-order valence-electron chi connectivity index (χ0n) is 8.00. The van der Waals surface area contributed by atoms with Gasteiger partial charge in [0.05, 0.1) is 11.9 Å². The molecule has 76 valence electrons. The molecule has 4 nitrogen and oxygen atoms in total. The summed E-state index contributed by atoms with van der Waals surface area (Å²) < 4.78 is 0. The number of likely N-dealkylation sites (tertiary alicyclic amines) is 1. The van der Waals surface area contributed by atoms with Gasteiger partial charge in [0.15, 0.2) is 0 Å². The van der Waals surface area contributed by atoms with E-state index < -0.39 is 0 Å². The van der Waals surface area contributed by atoms with Gasteiger partial charge in [-0.3, -0.25) is 5.41 Å².